The van der Waals surface area contributed by atoms with Gasteiger partial charge in [-0.15, -0.1) is 0 Å². The number of hydrogen-bond acceptors (Lipinski definition) is 4. The highest BCUT2D eigenvalue weighted by Gasteiger charge is 2.12. The number of rotatable bonds is 6. The Bertz CT molecular complexity index is 726. The lowest BCUT2D eigenvalue weighted by atomic mass is 10.1. The molecule has 0 aliphatic carbocycles. The SMILES string of the molecule is CC(C)(N)CNC(=O)NCc1cccc(NC(=O)c2ccccn2)c1. The second kappa shape index (κ2) is 8.25. The van der Waals surface area contributed by atoms with E-state index < -0.39 is 5.54 Å². The molecule has 0 spiro atoms. The van der Waals surface area contributed by atoms with Crippen molar-refractivity contribution in [3.05, 3.63) is 59.9 Å². The van der Waals surface area contributed by atoms with E-state index in [1.807, 2.05) is 26.0 Å². The Hall–Kier alpha value is -2.93. The minimum Gasteiger partial charge on any atom is -0.336 e. The van der Waals surface area contributed by atoms with Crippen LogP contribution in [-0.4, -0.2) is 29.0 Å². The third-order valence-electron chi connectivity index (χ3n) is 3.24. The molecule has 0 fully saturated rings. The lowest BCUT2D eigenvalue weighted by Gasteiger charge is -2.19. The summed E-state index contributed by atoms with van der Waals surface area (Å²) in [6.45, 7) is 4.38. The molecule has 25 heavy (non-hydrogen) atoms. The maximum absolute atomic E-state index is 12.1. The van der Waals surface area contributed by atoms with Crippen LogP contribution in [0, 0.1) is 0 Å². The van der Waals surface area contributed by atoms with Gasteiger partial charge in [-0.25, -0.2) is 4.79 Å². The molecule has 0 bridgehead atoms. The average Bonchev–Trinajstić information content (AvgIpc) is 2.58. The number of nitrogens with two attached hydrogens (primary N) is 1. The van der Waals surface area contributed by atoms with E-state index in [9.17, 15) is 9.59 Å². The van der Waals surface area contributed by atoms with E-state index in [-0.39, 0.29) is 11.9 Å². The molecule has 0 radical (unpaired) electrons. The molecule has 2 aromatic rings. The van der Waals surface area contributed by atoms with Crippen LogP contribution in [0.2, 0.25) is 0 Å². The van der Waals surface area contributed by atoms with Crippen LogP contribution >= 0.6 is 0 Å². The van der Waals surface area contributed by atoms with Gasteiger partial charge in [0, 0.05) is 30.5 Å². The summed E-state index contributed by atoms with van der Waals surface area (Å²) in [6, 6.07) is 12.1. The van der Waals surface area contributed by atoms with E-state index >= 15 is 0 Å². The van der Waals surface area contributed by atoms with Crippen LogP contribution < -0.4 is 21.7 Å². The molecule has 0 saturated carbocycles. The van der Waals surface area contributed by atoms with E-state index in [2.05, 4.69) is 20.9 Å². The van der Waals surface area contributed by atoms with E-state index in [4.69, 9.17) is 5.73 Å². The maximum Gasteiger partial charge on any atom is 0.315 e. The molecule has 0 aliphatic heterocycles. The van der Waals surface area contributed by atoms with Crippen LogP contribution in [0.1, 0.15) is 29.9 Å². The minimum atomic E-state index is -0.465. The normalized spacial score (nSPS) is 10.8. The van der Waals surface area contributed by atoms with Gasteiger partial charge in [0.05, 0.1) is 0 Å². The molecule has 0 unspecified atom stereocenters. The number of nitrogens with zero attached hydrogens (tertiary/aromatic N) is 1. The monoisotopic (exact) mass is 341 g/mol. The number of aromatic nitrogens is 1. The Balaban J connectivity index is 1.88. The molecule has 0 atom stereocenters. The molecular weight excluding hydrogens is 318 g/mol. The van der Waals surface area contributed by atoms with Crippen molar-refractivity contribution in [2.45, 2.75) is 25.9 Å². The number of pyridine rings is 1. The van der Waals surface area contributed by atoms with E-state index in [1.165, 1.54) is 0 Å². The Morgan fingerprint density at radius 2 is 1.92 bits per heavy atom. The van der Waals surface area contributed by atoms with Gasteiger partial charge in [0.1, 0.15) is 5.69 Å². The molecule has 1 aromatic heterocycles. The van der Waals surface area contributed by atoms with Gasteiger partial charge in [-0.3, -0.25) is 9.78 Å². The molecule has 3 amide bonds. The van der Waals surface area contributed by atoms with Crippen molar-refractivity contribution < 1.29 is 9.59 Å². The highest BCUT2D eigenvalue weighted by Crippen LogP contribution is 2.11. The second-order valence-corrected chi connectivity index (χ2v) is 6.39. The molecule has 2 rings (SSSR count). The minimum absolute atomic E-state index is 0.284. The summed E-state index contributed by atoms with van der Waals surface area (Å²) < 4.78 is 0. The Morgan fingerprint density at radius 3 is 2.60 bits per heavy atom. The van der Waals surface area contributed by atoms with Gasteiger partial charge in [-0.2, -0.15) is 0 Å². The molecule has 1 aromatic carbocycles. The Labute approximate surface area is 147 Å². The van der Waals surface area contributed by atoms with Crippen molar-refractivity contribution >= 4 is 17.6 Å². The van der Waals surface area contributed by atoms with Crippen molar-refractivity contribution in [2.24, 2.45) is 5.73 Å². The van der Waals surface area contributed by atoms with Crippen molar-refractivity contribution in [1.82, 2.24) is 15.6 Å². The number of nitrogens with one attached hydrogen (secondary N) is 3. The number of carbonyl (C=O) groups excluding carboxylic acids is 2. The van der Waals surface area contributed by atoms with E-state index in [1.54, 1.807) is 36.5 Å². The van der Waals surface area contributed by atoms with Crippen LogP contribution in [0.5, 0.6) is 0 Å². The predicted octanol–water partition coefficient (Wildman–Crippen LogP) is 1.87. The Morgan fingerprint density at radius 1 is 1.12 bits per heavy atom. The fraction of sp³-hybridized carbons (Fsp3) is 0.278. The zero-order valence-electron chi connectivity index (χ0n) is 14.4. The highest BCUT2D eigenvalue weighted by atomic mass is 16.2. The summed E-state index contributed by atoms with van der Waals surface area (Å²) in [5.41, 5.74) is 7.19. The fourth-order valence-electron chi connectivity index (χ4n) is 2.00. The number of amides is 3. The van der Waals surface area contributed by atoms with Crippen molar-refractivity contribution in [2.75, 3.05) is 11.9 Å². The first kappa shape index (κ1) is 18.4. The number of benzene rings is 1. The van der Waals surface area contributed by atoms with Gasteiger partial charge < -0.3 is 21.7 Å². The molecule has 0 saturated heterocycles. The fourth-order valence-corrected chi connectivity index (χ4v) is 2.00. The lowest BCUT2D eigenvalue weighted by molar-refractivity contribution is 0.102. The van der Waals surface area contributed by atoms with Crippen LogP contribution in [0.25, 0.3) is 0 Å². The molecule has 5 N–H and O–H groups in total. The van der Waals surface area contributed by atoms with E-state index in [0.717, 1.165) is 5.56 Å². The summed E-state index contributed by atoms with van der Waals surface area (Å²) in [5, 5.41) is 8.25. The quantitative estimate of drug-likeness (QED) is 0.643. The first-order valence-corrected chi connectivity index (χ1v) is 7.95. The summed E-state index contributed by atoms with van der Waals surface area (Å²) in [4.78, 5) is 27.9. The Kier molecular flexibility index (Phi) is 6.08. The largest absolute Gasteiger partial charge is 0.336 e. The third-order valence-corrected chi connectivity index (χ3v) is 3.24. The van der Waals surface area contributed by atoms with Crippen LogP contribution in [0.3, 0.4) is 0 Å². The van der Waals surface area contributed by atoms with Gasteiger partial charge in [0.2, 0.25) is 0 Å². The number of urea groups is 1. The predicted molar refractivity (Wildman–Crippen MR) is 97.1 cm³/mol. The van der Waals surface area contributed by atoms with Crippen LogP contribution in [-0.2, 0) is 6.54 Å². The summed E-state index contributed by atoms with van der Waals surface area (Å²) in [6.07, 6.45) is 1.57. The summed E-state index contributed by atoms with van der Waals surface area (Å²) in [5.74, 6) is -0.284. The molecule has 1 heterocycles. The highest BCUT2D eigenvalue weighted by molar-refractivity contribution is 6.02. The average molecular weight is 341 g/mol. The molecule has 7 heteroatoms. The third kappa shape index (κ3) is 6.60. The summed E-state index contributed by atoms with van der Waals surface area (Å²) in [7, 11) is 0. The molecular formula is C18H23N5O2. The number of anilines is 1. The topological polar surface area (TPSA) is 109 Å². The molecule has 7 nitrogen and oxygen atoms in total. The number of hydrogen-bond donors (Lipinski definition) is 4. The van der Waals surface area contributed by atoms with Gasteiger partial charge in [-0.1, -0.05) is 18.2 Å². The van der Waals surface area contributed by atoms with Crippen molar-refractivity contribution in [1.29, 1.82) is 0 Å². The zero-order chi connectivity index (χ0) is 18.3. The molecule has 0 aliphatic rings. The van der Waals surface area contributed by atoms with Crippen molar-refractivity contribution in [3.8, 4) is 0 Å². The van der Waals surface area contributed by atoms with Gasteiger partial charge in [-0.05, 0) is 43.7 Å². The smallest absolute Gasteiger partial charge is 0.315 e. The maximum atomic E-state index is 12.1. The first-order chi connectivity index (χ1) is 11.8. The van der Waals surface area contributed by atoms with Gasteiger partial charge in [0.15, 0.2) is 0 Å². The van der Waals surface area contributed by atoms with Crippen molar-refractivity contribution in [3.63, 3.8) is 0 Å². The standard InChI is InChI=1S/C18H23N5O2/c1-18(2,19)12-22-17(25)21-11-13-6-5-7-14(10-13)23-16(24)15-8-3-4-9-20-15/h3-10H,11-12,19H2,1-2H3,(H,23,24)(H2,21,22,25). The molecule has 132 valence electrons. The number of carbonyl (C=O) groups is 2. The van der Waals surface area contributed by atoms with Crippen LogP contribution in [0.15, 0.2) is 48.7 Å². The zero-order valence-corrected chi connectivity index (χ0v) is 14.4. The van der Waals surface area contributed by atoms with Gasteiger partial charge >= 0.3 is 6.03 Å². The van der Waals surface area contributed by atoms with Crippen LogP contribution in [0.4, 0.5) is 10.5 Å². The second-order valence-electron chi connectivity index (χ2n) is 6.39. The lowest BCUT2D eigenvalue weighted by Crippen LogP contribution is -2.47. The van der Waals surface area contributed by atoms with Gasteiger partial charge in [0.25, 0.3) is 5.91 Å². The van der Waals surface area contributed by atoms with E-state index in [0.29, 0.717) is 24.5 Å². The first-order valence-electron chi connectivity index (χ1n) is 7.95. The summed E-state index contributed by atoms with van der Waals surface area (Å²) >= 11 is 0.